The van der Waals surface area contributed by atoms with Gasteiger partial charge in [-0.15, -0.1) is 0 Å². The molecule has 0 aromatic heterocycles. The van der Waals surface area contributed by atoms with Crippen LogP contribution in [0.25, 0.3) is 0 Å². The van der Waals surface area contributed by atoms with E-state index in [-0.39, 0.29) is 5.91 Å². The molecule has 1 heterocycles. The summed E-state index contributed by atoms with van der Waals surface area (Å²) in [5.74, 6) is 0.0449. The SMILES string of the molecule is CC(=O)NCCN1CCCC1CN. The van der Waals surface area contributed by atoms with E-state index in [2.05, 4.69) is 10.2 Å². The van der Waals surface area contributed by atoms with Crippen LogP contribution in [0.15, 0.2) is 0 Å². The summed E-state index contributed by atoms with van der Waals surface area (Å²) < 4.78 is 0. The zero-order valence-electron chi connectivity index (χ0n) is 8.25. The van der Waals surface area contributed by atoms with Crippen molar-refractivity contribution in [3.05, 3.63) is 0 Å². The molecule has 0 spiro atoms. The third-order valence-electron chi connectivity index (χ3n) is 2.54. The number of rotatable bonds is 4. The Morgan fingerprint density at radius 3 is 3.08 bits per heavy atom. The fourth-order valence-electron chi connectivity index (χ4n) is 1.83. The zero-order valence-corrected chi connectivity index (χ0v) is 8.25. The molecule has 1 amide bonds. The summed E-state index contributed by atoms with van der Waals surface area (Å²) in [4.78, 5) is 13.0. The minimum atomic E-state index is 0.0449. The van der Waals surface area contributed by atoms with E-state index in [1.54, 1.807) is 6.92 Å². The summed E-state index contributed by atoms with van der Waals surface area (Å²) in [7, 11) is 0. The highest BCUT2D eigenvalue weighted by Crippen LogP contribution is 2.14. The largest absolute Gasteiger partial charge is 0.355 e. The van der Waals surface area contributed by atoms with Crippen LogP contribution in [0.5, 0.6) is 0 Å². The zero-order chi connectivity index (χ0) is 9.68. The molecule has 0 aromatic carbocycles. The highest BCUT2D eigenvalue weighted by molar-refractivity contribution is 5.72. The Balaban J connectivity index is 2.16. The van der Waals surface area contributed by atoms with E-state index >= 15 is 0 Å². The highest BCUT2D eigenvalue weighted by Gasteiger charge is 2.21. The minimum Gasteiger partial charge on any atom is -0.355 e. The van der Waals surface area contributed by atoms with E-state index < -0.39 is 0 Å². The van der Waals surface area contributed by atoms with E-state index in [0.717, 1.165) is 26.2 Å². The molecule has 1 unspecified atom stereocenters. The first-order valence-corrected chi connectivity index (χ1v) is 4.92. The summed E-state index contributed by atoms with van der Waals surface area (Å²) in [6.45, 7) is 5.08. The third-order valence-corrected chi connectivity index (χ3v) is 2.54. The number of likely N-dealkylation sites (tertiary alicyclic amines) is 1. The van der Waals surface area contributed by atoms with Crippen LogP contribution in [0.4, 0.5) is 0 Å². The van der Waals surface area contributed by atoms with Crippen molar-refractivity contribution in [3.8, 4) is 0 Å². The maximum Gasteiger partial charge on any atom is 0.216 e. The van der Waals surface area contributed by atoms with E-state index in [4.69, 9.17) is 5.73 Å². The third kappa shape index (κ3) is 3.32. The van der Waals surface area contributed by atoms with Crippen molar-refractivity contribution in [3.63, 3.8) is 0 Å². The van der Waals surface area contributed by atoms with Gasteiger partial charge in [-0.05, 0) is 19.4 Å². The number of hydrogen-bond acceptors (Lipinski definition) is 3. The van der Waals surface area contributed by atoms with E-state index in [1.807, 2.05) is 0 Å². The second kappa shape index (κ2) is 5.19. The average molecular weight is 185 g/mol. The molecular weight excluding hydrogens is 166 g/mol. The molecule has 4 nitrogen and oxygen atoms in total. The standard InChI is InChI=1S/C9H19N3O/c1-8(13)11-4-6-12-5-2-3-9(12)7-10/h9H,2-7,10H2,1H3,(H,11,13). The normalized spacial score (nSPS) is 23.4. The van der Waals surface area contributed by atoms with Gasteiger partial charge in [0, 0.05) is 32.6 Å². The van der Waals surface area contributed by atoms with Gasteiger partial charge in [0.25, 0.3) is 0 Å². The van der Waals surface area contributed by atoms with Gasteiger partial charge in [0.2, 0.25) is 5.91 Å². The summed E-state index contributed by atoms with van der Waals surface area (Å²) in [5.41, 5.74) is 5.63. The molecule has 0 radical (unpaired) electrons. The van der Waals surface area contributed by atoms with Crippen molar-refractivity contribution >= 4 is 5.91 Å². The van der Waals surface area contributed by atoms with Gasteiger partial charge in [-0.3, -0.25) is 9.69 Å². The lowest BCUT2D eigenvalue weighted by Gasteiger charge is -2.22. The van der Waals surface area contributed by atoms with Gasteiger partial charge in [-0.2, -0.15) is 0 Å². The molecule has 0 aliphatic carbocycles. The van der Waals surface area contributed by atoms with Crippen molar-refractivity contribution in [2.45, 2.75) is 25.8 Å². The number of nitrogens with one attached hydrogen (secondary N) is 1. The molecule has 1 aliphatic rings. The number of hydrogen-bond donors (Lipinski definition) is 2. The van der Waals surface area contributed by atoms with Crippen LogP contribution in [0, 0.1) is 0 Å². The van der Waals surface area contributed by atoms with Crippen LogP contribution >= 0.6 is 0 Å². The van der Waals surface area contributed by atoms with Gasteiger partial charge in [-0.1, -0.05) is 0 Å². The number of nitrogens with zero attached hydrogens (tertiary/aromatic N) is 1. The topological polar surface area (TPSA) is 58.4 Å². The fourth-order valence-corrected chi connectivity index (χ4v) is 1.83. The first-order valence-electron chi connectivity index (χ1n) is 4.92. The predicted molar refractivity (Wildman–Crippen MR) is 52.3 cm³/mol. The molecule has 3 N–H and O–H groups in total. The molecule has 1 fully saturated rings. The van der Waals surface area contributed by atoms with Gasteiger partial charge in [0.15, 0.2) is 0 Å². The maximum atomic E-state index is 10.6. The molecule has 1 atom stereocenters. The fraction of sp³-hybridized carbons (Fsp3) is 0.889. The Morgan fingerprint density at radius 1 is 1.69 bits per heavy atom. The van der Waals surface area contributed by atoms with Gasteiger partial charge < -0.3 is 11.1 Å². The lowest BCUT2D eigenvalue weighted by atomic mass is 10.2. The van der Waals surface area contributed by atoms with Crippen molar-refractivity contribution in [2.24, 2.45) is 5.73 Å². The summed E-state index contributed by atoms with van der Waals surface area (Å²) in [5, 5.41) is 2.80. The second-order valence-electron chi connectivity index (χ2n) is 3.55. The van der Waals surface area contributed by atoms with E-state index in [9.17, 15) is 4.79 Å². The van der Waals surface area contributed by atoms with Crippen molar-refractivity contribution in [2.75, 3.05) is 26.2 Å². The molecule has 13 heavy (non-hydrogen) atoms. The summed E-state index contributed by atoms with van der Waals surface area (Å²) >= 11 is 0. The quantitative estimate of drug-likeness (QED) is 0.623. The molecule has 1 rings (SSSR count). The summed E-state index contributed by atoms with van der Waals surface area (Å²) in [6, 6.07) is 0.536. The minimum absolute atomic E-state index is 0.0449. The van der Waals surface area contributed by atoms with E-state index in [1.165, 1.54) is 12.8 Å². The molecule has 1 aliphatic heterocycles. The molecule has 0 bridgehead atoms. The highest BCUT2D eigenvalue weighted by atomic mass is 16.1. The van der Waals surface area contributed by atoms with Gasteiger partial charge in [0.05, 0.1) is 0 Å². The molecule has 0 aromatic rings. The van der Waals surface area contributed by atoms with E-state index in [0.29, 0.717) is 6.04 Å². The monoisotopic (exact) mass is 185 g/mol. The molecule has 1 saturated heterocycles. The van der Waals surface area contributed by atoms with Crippen LogP contribution in [0.2, 0.25) is 0 Å². The number of nitrogens with two attached hydrogens (primary N) is 1. The second-order valence-corrected chi connectivity index (χ2v) is 3.55. The Labute approximate surface area is 79.5 Å². The smallest absolute Gasteiger partial charge is 0.216 e. The Kier molecular flexibility index (Phi) is 4.18. The van der Waals surface area contributed by atoms with Crippen LogP contribution in [-0.2, 0) is 4.79 Å². The Hall–Kier alpha value is -0.610. The predicted octanol–water partition coefficient (Wildman–Crippen LogP) is -0.454. The molecule has 76 valence electrons. The van der Waals surface area contributed by atoms with Crippen molar-refractivity contribution in [1.82, 2.24) is 10.2 Å². The average Bonchev–Trinajstić information content (AvgIpc) is 2.51. The number of carbonyl (C=O) groups is 1. The van der Waals surface area contributed by atoms with Gasteiger partial charge in [-0.25, -0.2) is 0 Å². The molecular formula is C9H19N3O. The Bertz CT molecular complexity index is 172. The number of amides is 1. The molecule has 4 heteroatoms. The van der Waals surface area contributed by atoms with Crippen LogP contribution in [0.1, 0.15) is 19.8 Å². The van der Waals surface area contributed by atoms with Crippen molar-refractivity contribution < 1.29 is 4.79 Å². The summed E-state index contributed by atoms with van der Waals surface area (Å²) in [6.07, 6.45) is 2.44. The van der Waals surface area contributed by atoms with Crippen molar-refractivity contribution in [1.29, 1.82) is 0 Å². The van der Waals surface area contributed by atoms with Crippen LogP contribution < -0.4 is 11.1 Å². The van der Waals surface area contributed by atoms with Gasteiger partial charge in [0.1, 0.15) is 0 Å². The maximum absolute atomic E-state index is 10.6. The van der Waals surface area contributed by atoms with Crippen LogP contribution in [0.3, 0.4) is 0 Å². The lowest BCUT2D eigenvalue weighted by molar-refractivity contribution is -0.119. The molecule has 0 saturated carbocycles. The lowest BCUT2D eigenvalue weighted by Crippen LogP contribution is -2.40. The first-order chi connectivity index (χ1) is 6.24. The number of carbonyl (C=O) groups excluding carboxylic acids is 1. The van der Waals surface area contributed by atoms with Crippen LogP contribution in [-0.4, -0.2) is 43.0 Å². The first kappa shape index (κ1) is 10.5. The Morgan fingerprint density at radius 2 is 2.46 bits per heavy atom. The van der Waals surface area contributed by atoms with Gasteiger partial charge >= 0.3 is 0 Å².